The minimum atomic E-state index is -0.0603. The van der Waals surface area contributed by atoms with Crippen molar-refractivity contribution in [1.29, 1.82) is 0 Å². The number of nitrogens with zero attached hydrogens (tertiary/aromatic N) is 4. The third-order valence-corrected chi connectivity index (χ3v) is 12.3. The Morgan fingerprint density at radius 1 is 0.557 bits per heavy atom. The molecule has 5 nitrogen and oxygen atoms in total. The second kappa shape index (κ2) is 13.7. The highest BCUT2D eigenvalue weighted by molar-refractivity contribution is 6.19. The summed E-state index contributed by atoms with van der Waals surface area (Å²) in [5, 5.41) is 3.64. The van der Waals surface area contributed by atoms with Crippen molar-refractivity contribution in [3.63, 3.8) is 0 Å². The third kappa shape index (κ3) is 6.06. The van der Waals surface area contributed by atoms with Crippen molar-refractivity contribution in [1.82, 2.24) is 14.1 Å². The van der Waals surface area contributed by atoms with Crippen LogP contribution in [-0.2, 0) is 10.8 Å². The molecule has 0 saturated heterocycles. The van der Waals surface area contributed by atoms with Gasteiger partial charge in [0.2, 0.25) is 0 Å². The first-order valence-electron chi connectivity index (χ1n) is 21.1. The van der Waals surface area contributed by atoms with Crippen LogP contribution >= 0.6 is 0 Å². The van der Waals surface area contributed by atoms with Crippen LogP contribution in [0.15, 0.2) is 170 Å². The molecule has 3 heterocycles. The maximum absolute atomic E-state index is 6.84. The molecule has 1 aliphatic carbocycles. The quantitative estimate of drug-likeness (QED) is 0.129. The first-order valence-corrected chi connectivity index (χ1v) is 21.1. The van der Waals surface area contributed by atoms with E-state index >= 15 is 0 Å². The summed E-state index contributed by atoms with van der Waals surface area (Å²) in [5.41, 5.74) is 14.9. The highest BCUT2D eigenvalue weighted by atomic mass is 16.5. The van der Waals surface area contributed by atoms with Gasteiger partial charge in [0.15, 0.2) is 0 Å². The first kappa shape index (κ1) is 36.8. The van der Waals surface area contributed by atoms with Gasteiger partial charge in [0.05, 0.1) is 33.6 Å². The molecular weight excluding hydrogens is 745 g/mol. The molecule has 11 rings (SSSR count). The van der Waals surface area contributed by atoms with Gasteiger partial charge in [-0.1, -0.05) is 145 Å². The average molecular weight is 791 g/mol. The van der Waals surface area contributed by atoms with Crippen LogP contribution in [0.4, 0.5) is 0 Å². The summed E-state index contributed by atoms with van der Waals surface area (Å²) in [7, 11) is 0. The molecule has 0 bridgehead atoms. The summed E-state index contributed by atoms with van der Waals surface area (Å²) < 4.78 is 13.5. The second-order valence-electron chi connectivity index (χ2n) is 18.3. The van der Waals surface area contributed by atoms with E-state index in [0.717, 1.165) is 56.3 Å². The molecule has 1 aliphatic rings. The Labute approximate surface area is 356 Å². The number of hydrogen-bond acceptors (Lipinski definition) is 2. The molecule has 0 spiro atoms. The number of pyridine rings is 1. The molecule has 3 aromatic heterocycles. The summed E-state index contributed by atoms with van der Waals surface area (Å²) in [6, 6.07) is 58.6. The Kier molecular flexibility index (Phi) is 8.24. The molecule has 61 heavy (non-hydrogen) atoms. The Morgan fingerprint density at radius 3 is 2.03 bits per heavy atom. The van der Waals surface area contributed by atoms with E-state index in [9.17, 15) is 0 Å². The number of ether oxygens (including phenoxy) is 1. The molecule has 0 amide bonds. The lowest BCUT2D eigenvalue weighted by molar-refractivity contribution is -0.572. The van der Waals surface area contributed by atoms with Crippen LogP contribution in [0.3, 0.4) is 0 Å². The van der Waals surface area contributed by atoms with Crippen molar-refractivity contribution in [2.45, 2.75) is 52.4 Å². The van der Waals surface area contributed by atoms with Crippen LogP contribution in [0, 0.1) is 6.33 Å². The normalized spacial score (nSPS) is 12.4. The van der Waals surface area contributed by atoms with Gasteiger partial charge >= 0.3 is 0 Å². The fourth-order valence-corrected chi connectivity index (χ4v) is 9.18. The lowest BCUT2D eigenvalue weighted by Crippen LogP contribution is -2.29. The predicted octanol–water partition coefficient (Wildman–Crippen LogP) is 13.9. The van der Waals surface area contributed by atoms with E-state index in [2.05, 4.69) is 219 Å². The molecule has 0 saturated carbocycles. The van der Waals surface area contributed by atoms with Crippen LogP contribution in [0.5, 0.6) is 11.5 Å². The van der Waals surface area contributed by atoms with Gasteiger partial charge in [-0.2, -0.15) is 0 Å². The predicted molar refractivity (Wildman–Crippen MR) is 250 cm³/mol. The van der Waals surface area contributed by atoms with Crippen molar-refractivity contribution in [3.8, 4) is 62.2 Å². The average Bonchev–Trinajstić information content (AvgIpc) is 3.78. The largest absolute Gasteiger partial charge is 0.458 e. The number of hydrogen-bond donors (Lipinski definition) is 0. The lowest BCUT2D eigenvalue weighted by atomic mass is 9.87. The van der Waals surface area contributed by atoms with Gasteiger partial charge in [-0.05, 0) is 104 Å². The second-order valence-corrected chi connectivity index (χ2v) is 18.3. The molecule has 5 heteroatoms. The summed E-state index contributed by atoms with van der Waals surface area (Å²) in [6.45, 7) is 13.5. The Morgan fingerprint density at radius 2 is 1.25 bits per heavy atom. The number of para-hydroxylation sites is 2. The van der Waals surface area contributed by atoms with E-state index in [0.29, 0.717) is 0 Å². The van der Waals surface area contributed by atoms with E-state index in [-0.39, 0.29) is 10.8 Å². The number of benzene rings is 7. The molecule has 0 radical (unpaired) electrons. The lowest BCUT2D eigenvalue weighted by Gasteiger charge is -2.21. The van der Waals surface area contributed by atoms with Gasteiger partial charge in [0.1, 0.15) is 17.3 Å². The molecule has 0 fully saturated rings. The Balaban J connectivity index is 1.07. The van der Waals surface area contributed by atoms with E-state index in [1.165, 1.54) is 49.7 Å². The molecule has 10 aromatic rings. The summed E-state index contributed by atoms with van der Waals surface area (Å²) in [5.74, 6) is 2.36. The van der Waals surface area contributed by atoms with Crippen LogP contribution in [-0.4, -0.2) is 14.1 Å². The zero-order chi connectivity index (χ0) is 41.6. The summed E-state index contributed by atoms with van der Waals surface area (Å²) in [4.78, 5) is 5.09. The van der Waals surface area contributed by atoms with Gasteiger partial charge in [0.25, 0.3) is 6.33 Å². The minimum absolute atomic E-state index is 0.0603. The topological polar surface area (TPSA) is 35.9 Å². The highest BCUT2D eigenvalue weighted by Gasteiger charge is 2.29. The zero-order valence-corrected chi connectivity index (χ0v) is 35.4. The monoisotopic (exact) mass is 790 g/mol. The first-order chi connectivity index (χ1) is 29.5. The van der Waals surface area contributed by atoms with Crippen LogP contribution < -0.4 is 9.30 Å². The molecule has 296 valence electrons. The molecule has 0 unspecified atom stereocenters. The minimum Gasteiger partial charge on any atom is -0.458 e. The molecular formula is C56H46N4O. The van der Waals surface area contributed by atoms with E-state index in [1.54, 1.807) is 0 Å². The van der Waals surface area contributed by atoms with Crippen molar-refractivity contribution in [2.75, 3.05) is 0 Å². The van der Waals surface area contributed by atoms with E-state index in [1.807, 2.05) is 12.3 Å². The fourth-order valence-electron chi connectivity index (χ4n) is 9.18. The number of rotatable bonds is 5. The SMILES string of the molecule is CC(C)(C)c1ccc(-[n+]2[c-]n(-c3cccc(Oc4ccc5c6c(n(-c7cc(C(C)(C)C)ccn7)c5c4)-c4ccccc4-c4cccc5cccc-6c45)c3)c3ccccc32)cc1. The van der Waals surface area contributed by atoms with E-state index in [4.69, 9.17) is 9.72 Å². The van der Waals surface area contributed by atoms with Crippen LogP contribution in [0.25, 0.3) is 83.4 Å². The van der Waals surface area contributed by atoms with Crippen molar-refractivity contribution in [3.05, 3.63) is 187 Å². The summed E-state index contributed by atoms with van der Waals surface area (Å²) in [6.07, 6.45) is 5.61. The van der Waals surface area contributed by atoms with Gasteiger partial charge < -0.3 is 4.74 Å². The molecule has 0 atom stereocenters. The number of imidazole rings is 1. The summed E-state index contributed by atoms with van der Waals surface area (Å²) >= 11 is 0. The number of fused-ring (bicyclic) bond motifs is 8. The fraction of sp³-hybridized carbons (Fsp3) is 0.143. The smallest absolute Gasteiger partial charge is 0.269 e. The zero-order valence-electron chi connectivity index (χ0n) is 35.4. The standard InChI is InChI=1S/C56H46N4O/c1-55(2,3)37-24-26-39(27-25-37)58-35-59(49-23-10-9-22-48(49)58)40-16-13-17-41(33-40)61-42-28-29-46-50(34-42)60(51-32-38(30-31-57-51)56(4,5)6)54-45-19-8-7-18-43(45)44-20-11-14-36-15-12-21-47(52(36)44)53(46)54/h7-34H,1-6H3. The molecule has 7 aromatic carbocycles. The van der Waals surface area contributed by atoms with Crippen molar-refractivity contribution >= 4 is 32.7 Å². The van der Waals surface area contributed by atoms with E-state index < -0.39 is 0 Å². The Hall–Kier alpha value is -7.24. The maximum atomic E-state index is 6.84. The van der Waals surface area contributed by atoms with Crippen LogP contribution in [0.2, 0.25) is 0 Å². The Bertz CT molecular complexity index is 3350. The van der Waals surface area contributed by atoms with Gasteiger partial charge in [-0.25, -0.2) is 4.98 Å². The number of aromatic nitrogens is 4. The van der Waals surface area contributed by atoms with Crippen molar-refractivity contribution in [2.24, 2.45) is 0 Å². The van der Waals surface area contributed by atoms with Crippen molar-refractivity contribution < 1.29 is 9.30 Å². The van der Waals surface area contributed by atoms with Gasteiger partial charge in [-0.15, -0.1) is 0 Å². The third-order valence-electron chi connectivity index (χ3n) is 12.3. The van der Waals surface area contributed by atoms with Crippen LogP contribution in [0.1, 0.15) is 52.7 Å². The molecule has 0 N–H and O–H groups in total. The van der Waals surface area contributed by atoms with Gasteiger partial charge in [-0.3, -0.25) is 13.7 Å². The highest BCUT2D eigenvalue weighted by Crippen LogP contribution is 2.52. The van der Waals surface area contributed by atoms with Gasteiger partial charge in [0, 0.05) is 28.8 Å². The maximum Gasteiger partial charge on any atom is 0.269 e. The molecule has 0 aliphatic heterocycles.